The molecule has 43 heavy (non-hydrogen) atoms. The Morgan fingerprint density at radius 3 is 1.33 bits per heavy atom. The fourth-order valence-electron chi connectivity index (χ4n) is 6.50. The summed E-state index contributed by atoms with van der Waals surface area (Å²) < 4.78 is 63.4. The van der Waals surface area contributed by atoms with Gasteiger partial charge >= 0.3 is 255 Å². The molecule has 0 saturated heterocycles. The zero-order valence-corrected chi connectivity index (χ0v) is 26.6. The third-order valence-corrected chi connectivity index (χ3v) is 18.5. The van der Waals surface area contributed by atoms with Gasteiger partial charge in [-0.2, -0.15) is 0 Å². The van der Waals surface area contributed by atoms with E-state index in [-0.39, 0.29) is 24.2 Å². The number of hydrogen-bond donors (Lipinski definition) is 2. The third kappa shape index (κ3) is 5.84. The van der Waals surface area contributed by atoms with Gasteiger partial charge in [0.15, 0.2) is 0 Å². The monoisotopic (exact) mass is 630 g/mol. The number of allylic oxidation sites excluding steroid dienone is 8. The second-order valence-electron chi connectivity index (χ2n) is 11.6. The topological polar surface area (TPSA) is 58.2 Å². The summed E-state index contributed by atoms with van der Waals surface area (Å²) in [7, 11) is 0. The summed E-state index contributed by atoms with van der Waals surface area (Å²) in [5.74, 6) is -4.89. The Kier molecular flexibility index (Phi) is 10.0. The molecule has 2 amide bonds. The molecule has 2 aromatic carbocycles. The summed E-state index contributed by atoms with van der Waals surface area (Å²) in [6.45, 7) is 7.33. The minimum absolute atomic E-state index is 0.143. The Balaban J connectivity index is 2.10. The van der Waals surface area contributed by atoms with E-state index in [1.54, 1.807) is 62.5 Å². The number of benzene rings is 2. The van der Waals surface area contributed by atoms with Gasteiger partial charge in [-0.15, -0.1) is 0 Å². The standard InChI is InChI=1S/2C11H12F2NO.2C6H7.Ti/c2*1-2-3-4-11(15)14-10-6-5-8(12)7-9(10)13;2*1-6-4-2-3-5-6;/h2*5-6H,2-4H2,1H3,(H,14,15);2*2-5H,1H3;. The van der Waals surface area contributed by atoms with Gasteiger partial charge in [-0.3, -0.25) is 0 Å². The van der Waals surface area contributed by atoms with Crippen LogP contribution in [0.2, 0.25) is 7.44 Å². The van der Waals surface area contributed by atoms with Gasteiger partial charge in [0.2, 0.25) is 0 Å². The van der Waals surface area contributed by atoms with E-state index in [1.807, 2.05) is 13.8 Å². The van der Waals surface area contributed by atoms with Crippen LogP contribution in [0.3, 0.4) is 0 Å². The number of halogens is 4. The molecule has 2 aliphatic rings. The number of rotatable bonds is 12. The molecule has 228 valence electrons. The van der Waals surface area contributed by atoms with Crippen molar-refractivity contribution in [3.8, 4) is 0 Å². The quantitative estimate of drug-likeness (QED) is 0.184. The summed E-state index contributed by atoms with van der Waals surface area (Å²) in [4.78, 5) is 25.3. The fraction of sp³-hybridized carbons (Fsp3) is 0.353. The first-order valence-electron chi connectivity index (χ1n) is 14.8. The molecular weight excluding hydrogens is 592 g/mol. The van der Waals surface area contributed by atoms with Crippen LogP contribution in [-0.2, 0) is 26.2 Å². The van der Waals surface area contributed by atoms with E-state index in [4.69, 9.17) is 0 Å². The molecule has 4 rings (SSSR count). The Labute approximate surface area is 254 Å². The predicted molar refractivity (Wildman–Crippen MR) is 162 cm³/mol. The third-order valence-electron chi connectivity index (χ3n) is 8.60. The van der Waals surface area contributed by atoms with Crippen molar-refractivity contribution < 1.29 is 43.7 Å². The summed E-state index contributed by atoms with van der Waals surface area (Å²) in [6, 6.07) is 4.40. The van der Waals surface area contributed by atoms with Crippen molar-refractivity contribution in [2.24, 2.45) is 0 Å². The van der Waals surface area contributed by atoms with E-state index in [0.717, 1.165) is 37.1 Å². The normalized spacial score (nSPS) is 16.2. The summed E-state index contributed by atoms with van der Waals surface area (Å²) in [5, 5.41) is 5.12. The molecular formula is C34H38F4N2O2Ti. The zero-order valence-electron chi connectivity index (χ0n) is 25.0. The molecule has 4 nitrogen and oxygen atoms in total. The molecule has 2 N–H and O–H groups in total. The van der Waals surface area contributed by atoms with Crippen molar-refractivity contribution in [3.63, 3.8) is 0 Å². The number of amides is 2. The van der Waals surface area contributed by atoms with Crippen LogP contribution in [0, 0.1) is 23.3 Å². The predicted octanol–water partition coefficient (Wildman–Crippen LogP) is 8.21. The van der Waals surface area contributed by atoms with E-state index < -0.39 is 66.8 Å². The molecule has 0 bridgehead atoms. The number of carbonyl (C=O) groups is 2. The Morgan fingerprint density at radius 1 is 0.651 bits per heavy atom. The van der Waals surface area contributed by atoms with Crippen molar-refractivity contribution in [1.29, 1.82) is 0 Å². The van der Waals surface area contributed by atoms with Crippen LogP contribution < -0.4 is 18.4 Å². The molecule has 0 unspecified atom stereocenters. The van der Waals surface area contributed by atoms with Gasteiger partial charge in [-0.25, -0.2) is 0 Å². The number of hydrogen-bond acceptors (Lipinski definition) is 2. The first kappa shape index (κ1) is 32.7. The van der Waals surface area contributed by atoms with E-state index in [0.29, 0.717) is 12.8 Å². The maximum atomic E-state index is 16.9. The van der Waals surface area contributed by atoms with Crippen molar-refractivity contribution in [3.05, 3.63) is 96.1 Å². The summed E-state index contributed by atoms with van der Waals surface area (Å²) >= 11 is -5.30. The second-order valence-corrected chi connectivity index (χ2v) is 18.9. The molecule has 0 fully saturated rings. The molecule has 2 aromatic rings. The first-order valence-corrected chi connectivity index (χ1v) is 17.9. The molecule has 0 saturated carbocycles. The molecule has 0 aliphatic heterocycles. The number of unbranched alkanes of at least 4 members (excludes halogenated alkanes) is 2. The molecule has 9 heteroatoms. The zero-order chi connectivity index (χ0) is 31.4. The maximum absolute atomic E-state index is 16.9. The number of anilines is 2. The van der Waals surface area contributed by atoms with Gasteiger partial charge in [-0.05, 0) is 0 Å². The van der Waals surface area contributed by atoms with Crippen LogP contribution >= 0.6 is 0 Å². The summed E-state index contributed by atoms with van der Waals surface area (Å²) in [5.41, 5.74) is -0.497. The van der Waals surface area contributed by atoms with Gasteiger partial charge in [0, 0.05) is 0 Å². The molecule has 0 spiro atoms. The molecule has 0 heterocycles. The fourth-order valence-corrected chi connectivity index (χ4v) is 17.1. The van der Waals surface area contributed by atoms with Gasteiger partial charge in [0.05, 0.1) is 0 Å². The van der Waals surface area contributed by atoms with E-state index >= 15 is 17.6 Å². The van der Waals surface area contributed by atoms with E-state index in [2.05, 4.69) is 10.6 Å². The van der Waals surface area contributed by atoms with Crippen LogP contribution in [0.25, 0.3) is 0 Å². The van der Waals surface area contributed by atoms with Crippen LogP contribution in [0.5, 0.6) is 0 Å². The van der Waals surface area contributed by atoms with E-state index in [1.165, 1.54) is 0 Å². The van der Waals surface area contributed by atoms with Crippen LogP contribution in [0.1, 0.15) is 66.2 Å². The van der Waals surface area contributed by atoms with Crippen LogP contribution in [0.15, 0.2) is 72.9 Å². The van der Waals surface area contributed by atoms with Gasteiger partial charge in [-0.1, -0.05) is 0 Å². The number of carbonyl (C=O) groups excluding carboxylic acids is 2. The molecule has 0 atom stereocenters. The first-order chi connectivity index (χ1) is 20.5. The van der Waals surface area contributed by atoms with Crippen LogP contribution in [-0.4, -0.2) is 11.8 Å². The Bertz CT molecular complexity index is 1390. The SMILES string of the molecule is CCCCC(=O)Nc1ccc(F)[c]([Ti]([c]2c(F)ccc(NC(=O)CCCC)c2F)([C]2(C)C=CC=C2)[C]2(C)C=CC=C2)c1F. The van der Waals surface area contributed by atoms with Gasteiger partial charge in [0.1, 0.15) is 0 Å². The molecule has 2 aliphatic carbocycles. The van der Waals surface area contributed by atoms with Crippen LogP contribution in [0.4, 0.5) is 28.9 Å². The Morgan fingerprint density at radius 2 is 1.00 bits per heavy atom. The molecule has 0 aromatic heterocycles. The van der Waals surface area contributed by atoms with Gasteiger partial charge in [0.25, 0.3) is 0 Å². The van der Waals surface area contributed by atoms with Crippen molar-refractivity contribution in [2.75, 3.05) is 10.6 Å². The molecule has 0 radical (unpaired) electrons. The summed E-state index contributed by atoms with van der Waals surface area (Å²) in [6.07, 6.45) is 16.8. The average Bonchev–Trinajstić information content (AvgIpc) is 3.62. The number of nitrogens with one attached hydrogen (secondary N) is 2. The Hall–Kier alpha value is -3.23. The van der Waals surface area contributed by atoms with Crippen molar-refractivity contribution >= 4 is 30.9 Å². The second kappa shape index (κ2) is 13.2. The average molecular weight is 631 g/mol. The van der Waals surface area contributed by atoms with Gasteiger partial charge < -0.3 is 0 Å². The van der Waals surface area contributed by atoms with E-state index in [9.17, 15) is 9.59 Å². The van der Waals surface area contributed by atoms with Crippen molar-refractivity contribution in [2.45, 2.75) is 73.7 Å². The van der Waals surface area contributed by atoms with Crippen molar-refractivity contribution in [1.82, 2.24) is 0 Å². The minimum atomic E-state index is -5.30.